The van der Waals surface area contributed by atoms with Gasteiger partial charge < -0.3 is 35.7 Å². The second kappa shape index (κ2) is 18.2. The van der Waals surface area contributed by atoms with E-state index in [-0.39, 0.29) is 50.2 Å². The number of benzene rings is 2. The number of aliphatic hydroxyl groups excluding tert-OH is 1. The highest BCUT2D eigenvalue weighted by molar-refractivity contribution is 7.13. The number of nitrogens with one attached hydrogen (secondary N) is 4. The van der Waals surface area contributed by atoms with E-state index in [1.807, 2.05) is 81.7 Å². The van der Waals surface area contributed by atoms with Gasteiger partial charge in [0.1, 0.15) is 24.2 Å². The van der Waals surface area contributed by atoms with Crippen molar-refractivity contribution >= 4 is 46.6 Å². The van der Waals surface area contributed by atoms with Gasteiger partial charge in [-0.3, -0.25) is 23.6 Å². The van der Waals surface area contributed by atoms with E-state index >= 15 is 0 Å². The van der Waals surface area contributed by atoms with Crippen molar-refractivity contribution in [3.63, 3.8) is 0 Å². The van der Waals surface area contributed by atoms with E-state index < -0.39 is 29.5 Å². The SMILES string of the molecule is Cc1ncsc1-c1ccc(CNC(=O)C2C[C@@H](O)CN2C(=O)[C@@H](NC(=O)CCCNC(=O)c2ccc(-c3cnc(NCc4ccco4)n4cnnc34)cc2)C(C)(C)C)cc1. The summed E-state index contributed by atoms with van der Waals surface area (Å²) >= 11 is 1.57. The number of nitrogens with zero attached hydrogens (tertiary/aromatic N) is 6. The Hall–Kier alpha value is -6.46. The Morgan fingerprint density at radius 1 is 0.983 bits per heavy atom. The van der Waals surface area contributed by atoms with Crippen LogP contribution in [0.2, 0.25) is 0 Å². The highest BCUT2D eigenvalue weighted by atomic mass is 32.1. The number of hydrogen-bond donors (Lipinski definition) is 5. The third-order valence-electron chi connectivity index (χ3n) is 10.4. The summed E-state index contributed by atoms with van der Waals surface area (Å²) < 4.78 is 7.13. The van der Waals surface area contributed by atoms with E-state index in [0.29, 0.717) is 30.1 Å². The highest BCUT2D eigenvalue weighted by Crippen LogP contribution is 2.29. The lowest BCUT2D eigenvalue weighted by molar-refractivity contribution is -0.144. The maximum atomic E-state index is 14.0. The van der Waals surface area contributed by atoms with E-state index in [0.717, 1.165) is 38.6 Å². The molecule has 1 unspecified atom stereocenters. The monoisotopic (exact) mass is 832 g/mol. The number of anilines is 1. The lowest BCUT2D eigenvalue weighted by Crippen LogP contribution is -2.57. The minimum atomic E-state index is -0.954. The Balaban J connectivity index is 0.886. The van der Waals surface area contributed by atoms with Gasteiger partial charge in [-0.2, -0.15) is 0 Å². The van der Waals surface area contributed by atoms with Crippen LogP contribution in [0.25, 0.3) is 27.2 Å². The normalized spacial score (nSPS) is 15.8. The summed E-state index contributed by atoms with van der Waals surface area (Å²) in [4.78, 5) is 65.0. The molecule has 0 spiro atoms. The van der Waals surface area contributed by atoms with Gasteiger partial charge in [0.05, 0.1) is 35.0 Å². The molecule has 1 aliphatic rings. The summed E-state index contributed by atoms with van der Waals surface area (Å²) in [5, 5.41) is 30.8. The van der Waals surface area contributed by atoms with Crippen LogP contribution in [0.1, 0.15) is 67.4 Å². The Morgan fingerprint density at radius 3 is 2.45 bits per heavy atom. The van der Waals surface area contributed by atoms with E-state index in [2.05, 4.69) is 41.4 Å². The van der Waals surface area contributed by atoms with Crippen LogP contribution < -0.4 is 21.3 Å². The molecule has 2 aromatic carbocycles. The number of fused-ring (bicyclic) bond motifs is 1. The molecule has 7 rings (SSSR count). The number of carbonyl (C=O) groups excluding carboxylic acids is 4. The molecule has 6 aromatic rings. The van der Waals surface area contributed by atoms with Crippen LogP contribution in [0.5, 0.6) is 0 Å². The first-order valence-electron chi connectivity index (χ1n) is 19.7. The number of rotatable bonds is 15. The molecule has 17 heteroatoms. The summed E-state index contributed by atoms with van der Waals surface area (Å²) in [7, 11) is 0. The first kappa shape index (κ1) is 41.7. The van der Waals surface area contributed by atoms with Crippen LogP contribution in [0.4, 0.5) is 5.95 Å². The van der Waals surface area contributed by atoms with Crippen molar-refractivity contribution < 1.29 is 28.7 Å². The third-order valence-corrected chi connectivity index (χ3v) is 11.3. The van der Waals surface area contributed by atoms with Crippen LogP contribution >= 0.6 is 11.3 Å². The van der Waals surface area contributed by atoms with Crippen molar-refractivity contribution in [2.45, 2.75) is 78.2 Å². The van der Waals surface area contributed by atoms with Crippen molar-refractivity contribution in [1.29, 1.82) is 0 Å². The average molecular weight is 833 g/mol. The number of aliphatic hydroxyl groups is 1. The molecule has 60 heavy (non-hydrogen) atoms. The number of aryl methyl sites for hydroxylation is 1. The largest absolute Gasteiger partial charge is 0.467 e. The van der Waals surface area contributed by atoms with Gasteiger partial charge in [-0.15, -0.1) is 21.5 Å². The summed E-state index contributed by atoms with van der Waals surface area (Å²) in [5.41, 5.74) is 6.58. The van der Waals surface area contributed by atoms with Crippen molar-refractivity contribution in [3.05, 3.63) is 108 Å². The summed E-state index contributed by atoms with van der Waals surface area (Å²) in [5.74, 6) is -0.164. The van der Waals surface area contributed by atoms with Gasteiger partial charge >= 0.3 is 0 Å². The van der Waals surface area contributed by atoms with Crippen LogP contribution in [-0.2, 0) is 27.5 Å². The molecule has 4 aromatic heterocycles. The molecule has 0 radical (unpaired) electrons. The van der Waals surface area contributed by atoms with Crippen molar-refractivity contribution in [3.8, 4) is 21.6 Å². The molecular weight excluding hydrogens is 785 g/mol. The van der Waals surface area contributed by atoms with E-state index in [9.17, 15) is 24.3 Å². The Morgan fingerprint density at radius 2 is 1.75 bits per heavy atom. The summed E-state index contributed by atoms with van der Waals surface area (Å²) in [6.45, 7) is 8.37. The molecule has 1 fully saturated rings. The number of carbonyl (C=O) groups is 4. The maximum Gasteiger partial charge on any atom is 0.251 e. The Labute approximate surface area is 350 Å². The fraction of sp³-hybridized carbons (Fsp3) is 0.349. The van der Waals surface area contributed by atoms with E-state index in [1.165, 1.54) is 4.90 Å². The summed E-state index contributed by atoms with van der Waals surface area (Å²) in [6, 6.07) is 16.7. The first-order valence-corrected chi connectivity index (χ1v) is 20.6. The Kier molecular flexibility index (Phi) is 12.7. The maximum absolute atomic E-state index is 14.0. The van der Waals surface area contributed by atoms with Crippen LogP contribution in [0.15, 0.2) is 89.4 Å². The average Bonchev–Trinajstić information content (AvgIpc) is 4.08. The van der Waals surface area contributed by atoms with Crippen LogP contribution in [-0.4, -0.2) is 89.5 Å². The molecule has 5 N–H and O–H groups in total. The smallest absolute Gasteiger partial charge is 0.251 e. The quantitative estimate of drug-likeness (QED) is 0.0893. The van der Waals surface area contributed by atoms with Crippen LogP contribution in [0, 0.1) is 12.3 Å². The molecule has 4 amide bonds. The number of likely N-dealkylation sites (tertiary alicyclic amines) is 1. The van der Waals surface area contributed by atoms with Gasteiger partial charge in [0, 0.05) is 49.8 Å². The van der Waals surface area contributed by atoms with Gasteiger partial charge in [-0.25, -0.2) is 9.97 Å². The van der Waals surface area contributed by atoms with Gasteiger partial charge in [-0.05, 0) is 59.7 Å². The zero-order chi connectivity index (χ0) is 42.4. The molecule has 16 nitrogen and oxygen atoms in total. The number of hydrogen-bond acceptors (Lipinski definition) is 12. The molecule has 5 heterocycles. The molecular formula is C43H48N10O6S. The molecule has 3 atom stereocenters. The minimum absolute atomic E-state index is 0.0199. The molecule has 1 saturated heterocycles. The van der Waals surface area contributed by atoms with E-state index in [1.54, 1.807) is 46.7 Å². The van der Waals surface area contributed by atoms with Gasteiger partial charge in [0.15, 0.2) is 5.65 Å². The number of furan rings is 1. The van der Waals surface area contributed by atoms with Gasteiger partial charge in [0.25, 0.3) is 5.91 Å². The van der Waals surface area contributed by atoms with Crippen molar-refractivity contribution in [2.24, 2.45) is 5.41 Å². The topological polar surface area (TPSA) is 209 Å². The standard InChI is InChI=1S/C43H48N10O6S/c1-26-36(60-25-48-26)29-11-9-27(10-12-29)20-45-40(57)34-19-31(54)23-52(34)41(58)37(43(2,3)4)50-35(55)8-5-17-44-39(56)30-15-13-28(14-16-30)33-22-47-42(53-24-49-51-38(33)53)46-21-32-7-6-18-59-32/h6-7,9-16,18,22,24-25,31,34,37,54H,5,8,17,19-21,23H2,1-4H3,(H,44,56)(H,45,57)(H,46,47)(H,50,55)/t31-,34?,37-/m1/s1. The van der Waals surface area contributed by atoms with Gasteiger partial charge in [0.2, 0.25) is 23.7 Å². The number of thiazole rings is 1. The van der Waals surface area contributed by atoms with Gasteiger partial charge in [-0.1, -0.05) is 57.2 Å². The first-order chi connectivity index (χ1) is 28.9. The molecule has 0 aliphatic carbocycles. The zero-order valence-electron chi connectivity index (χ0n) is 33.8. The third kappa shape index (κ3) is 9.69. The molecule has 312 valence electrons. The summed E-state index contributed by atoms with van der Waals surface area (Å²) in [6.07, 6.45) is 4.48. The second-order valence-corrected chi connectivity index (χ2v) is 16.7. The zero-order valence-corrected chi connectivity index (χ0v) is 34.7. The number of β-amino-alcohol motifs (C(OH)–C–C–N with tert-alkyl or cyclic N) is 1. The predicted molar refractivity (Wildman–Crippen MR) is 225 cm³/mol. The van der Waals surface area contributed by atoms with Crippen molar-refractivity contribution in [1.82, 2.24) is 45.4 Å². The van der Waals surface area contributed by atoms with Crippen LogP contribution in [0.3, 0.4) is 0 Å². The predicted octanol–water partition coefficient (Wildman–Crippen LogP) is 4.75. The minimum Gasteiger partial charge on any atom is -0.467 e. The van der Waals surface area contributed by atoms with Crippen molar-refractivity contribution in [2.75, 3.05) is 18.4 Å². The fourth-order valence-electron chi connectivity index (χ4n) is 7.10. The lowest BCUT2D eigenvalue weighted by atomic mass is 9.85. The molecule has 0 saturated carbocycles. The number of aromatic nitrogens is 5. The Bertz CT molecular complexity index is 2440. The molecule has 1 aliphatic heterocycles. The second-order valence-electron chi connectivity index (χ2n) is 15.8. The lowest BCUT2D eigenvalue weighted by Gasteiger charge is -2.35. The number of amides is 4. The molecule has 0 bridgehead atoms. The van der Waals surface area contributed by atoms with E-state index in [4.69, 9.17) is 4.42 Å². The highest BCUT2D eigenvalue weighted by Gasteiger charge is 2.44. The fourth-order valence-corrected chi connectivity index (χ4v) is 7.91.